The van der Waals surface area contributed by atoms with Crippen LogP contribution in [0.1, 0.15) is 60.8 Å². The first-order valence-electron chi connectivity index (χ1n) is 7.08. The Morgan fingerprint density at radius 3 is 2.12 bits per heavy atom. The van der Waals surface area contributed by atoms with E-state index in [0.29, 0.717) is 6.04 Å². The maximum atomic E-state index is 6.08. The van der Waals surface area contributed by atoms with E-state index in [1.165, 1.54) is 5.57 Å². The summed E-state index contributed by atoms with van der Waals surface area (Å²) in [7, 11) is 0. The summed E-state index contributed by atoms with van der Waals surface area (Å²) in [6.07, 6.45) is 5.56. The van der Waals surface area contributed by atoms with Crippen molar-refractivity contribution < 1.29 is 4.74 Å². The molecule has 0 radical (unpaired) electrons. The molecule has 0 aliphatic rings. The van der Waals surface area contributed by atoms with Crippen LogP contribution in [0.3, 0.4) is 0 Å². The van der Waals surface area contributed by atoms with E-state index in [2.05, 4.69) is 52.9 Å². The quantitative estimate of drug-likeness (QED) is 0.618. The van der Waals surface area contributed by atoms with Crippen LogP contribution in [0.2, 0.25) is 0 Å². The number of rotatable bonds is 9. The zero-order chi connectivity index (χ0) is 13.3. The summed E-state index contributed by atoms with van der Waals surface area (Å²) >= 11 is 0. The van der Waals surface area contributed by atoms with Gasteiger partial charge in [-0.25, -0.2) is 0 Å². The highest BCUT2D eigenvalue weighted by molar-refractivity contribution is 5.09. The molecule has 102 valence electrons. The number of allylic oxidation sites excluding steroid dienone is 1. The zero-order valence-electron chi connectivity index (χ0n) is 12.6. The van der Waals surface area contributed by atoms with Crippen LogP contribution < -0.4 is 5.32 Å². The molecule has 1 atom stereocenters. The molecule has 0 saturated heterocycles. The molecule has 2 heteroatoms. The third-order valence-electron chi connectivity index (χ3n) is 3.31. The molecule has 0 spiro atoms. The average molecular weight is 241 g/mol. The predicted octanol–water partition coefficient (Wildman–Crippen LogP) is 3.92. The molecule has 0 saturated carbocycles. The Hall–Kier alpha value is -0.340. The molecule has 1 N–H and O–H groups in total. The van der Waals surface area contributed by atoms with Gasteiger partial charge in [-0.3, -0.25) is 0 Å². The zero-order valence-corrected chi connectivity index (χ0v) is 12.6. The molecular weight excluding hydrogens is 210 g/mol. The maximum Gasteiger partial charge on any atom is 0.0865 e. The van der Waals surface area contributed by atoms with E-state index in [-0.39, 0.29) is 5.60 Å². The number of hydrogen-bond donors (Lipinski definition) is 1. The van der Waals surface area contributed by atoms with Gasteiger partial charge in [0, 0.05) is 6.61 Å². The highest BCUT2D eigenvalue weighted by Gasteiger charge is 2.34. The Balaban J connectivity index is 4.97. The minimum atomic E-state index is -0.0544. The second kappa shape index (κ2) is 8.71. The van der Waals surface area contributed by atoms with E-state index in [1.54, 1.807) is 0 Å². The molecule has 0 aromatic carbocycles. The standard InChI is InChI=1S/C15H31NO/c1-7-11-16-14(12-13(5)6)15(8-2,9-3)17-10-4/h12,14,16H,7-11H2,1-6H3. The maximum absolute atomic E-state index is 6.08. The minimum absolute atomic E-state index is 0.0544. The summed E-state index contributed by atoms with van der Waals surface area (Å²) in [6, 6.07) is 0.322. The van der Waals surface area contributed by atoms with Gasteiger partial charge in [0.05, 0.1) is 11.6 Å². The molecular formula is C15H31NO. The molecule has 0 fully saturated rings. The molecule has 1 unspecified atom stereocenters. The Labute approximate surface area is 108 Å². The normalized spacial score (nSPS) is 13.5. The van der Waals surface area contributed by atoms with Crippen LogP contribution in [0.15, 0.2) is 11.6 Å². The van der Waals surface area contributed by atoms with E-state index in [1.807, 2.05) is 0 Å². The van der Waals surface area contributed by atoms with Crippen molar-refractivity contribution in [3.63, 3.8) is 0 Å². The number of hydrogen-bond acceptors (Lipinski definition) is 2. The summed E-state index contributed by atoms with van der Waals surface area (Å²) in [5, 5.41) is 3.63. The van der Waals surface area contributed by atoms with Gasteiger partial charge in [0.25, 0.3) is 0 Å². The van der Waals surface area contributed by atoms with E-state index in [4.69, 9.17) is 4.74 Å². The first-order chi connectivity index (χ1) is 8.06. The Morgan fingerprint density at radius 2 is 1.76 bits per heavy atom. The van der Waals surface area contributed by atoms with Crippen molar-refractivity contribution in [3.8, 4) is 0 Å². The third-order valence-corrected chi connectivity index (χ3v) is 3.31. The van der Waals surface area contributed by atoms with Crippen molar-refractivity contribution in [1.29, 1.82) is 0 Å². The van der Waals surface area contributed by atoms with Gasteiger partial charge in [-0.2, -0.15) is 0 Å². The van der Waals surface area contributed by atoms with Crippen LogP contribution in [0, 0.1) is 0 Å². The van der Waals surface area contributed by atoms with Gasteiger partial charge in [-0.15, -0.1) is 0 Å². The van der Waals surface area contributed by atoms with Crippen molar-refractivity contribution in [1.82, 2.24) is 5.32 Å². The van der Waals surface area contributed by atoms with Gasteiger partial charge in [0.2, 0.25) is 0 Å². The molecule has 0 aromatic rings. The molecule has 0 amide bonds. The average Bonchev–Trinajstić information content (AvgIpc) is 2.31. The molecule has 0 bridgehead atoms. The summed E-state index contributed by atoms with van der Waals surface area (Å²) < 4.78 is 6.08. The SMILES string of the molecule is CCCNC(C=C(C)C)C(CC)(CC)OCC. The van der Waals surface area contributed by atoms with Gasteiger partial charge in [0.1, 0.15) is 0 Å². The summed E-state index contributed by atoms with van der Waals surface area (Å²) in [5.41, 5.74) is 1.30. The van der Waals surface area contributed by atoms with Crippen molar-refractivity contribution in [3.05, 3.63) is 11.6 Å². The first-order valence-corrected chi connectivity index (χ1v) is 7.08. The Morgan fingerprint density at radius 1 is 1.18 bits per heavy atom. The van der Waals surface area contributed by atoms with Gasteiger partial charge in [0.15, 0.2) is 0 Å². The van der Waals surface area contributed by atoms with E-state index in [0.717, 1.165) is 32.4 Å². The fourth-order valence-corrected chi connectivity index (χ4v) is 2.30. The number of ether oxygens (including phenoxy) is 1. The van der Waals surface area contributed by atoms with Crippen molar-refractivity contribution >= 4 is 0 Å². The van der Waals surface area contributed by atoms with Crippen molar-refractivity contribution in [2.45, 2.75) is 72.4 Å². The molecule has 2 nitrogen and oxygen atoms in total. The lowest BCUT2D eigenvalue weighted by atomic mass is 9.86. The molecule has 0 aliphatic heterocycles. The monoisotopic (exact) mass is 241 g/mol. The topological polar surface area (TPSA) is 21.3 Å². The highest BCUT2D eigenvalue weighted by Crippen LogP contribution is 2.26. The lowest BCUT2D eigenvalue weighted by molar-refractivity contribution is -0.0612. The predicted molar refractivity (Wildman–Crippen MR) is 76.5 cm³/mol. The van der Waals surface area contributed by atoms with Gasteiger partial charge in [-0.05, 0) is 46.6 Å². The molecule has 0 aliphatic carbocycles. The van der Waals surface area contributed by atoms with Crippen LogP contribution in [0.4, 0.5) is 0 Å². The van der Waals surface area contributed by atoms with Crippen LogP contribution in [0.5, 0.6) is 0 Å². The van der Waals surface area contributed by atoms with Crippen LogP contribution in [0.25, 0.3) is 0 Å². The molecule has 0 rings (SSSR count). The molecule has 17 heavy (non-hydrogen) atoms. The fourth-order valence-electron chi connectivity index (χ4n) is 2.30. The largest absolute Gasteiger partial charge is 0.373 e. The van der Waals surface area contributed by atoms with Crippen molar-refractivity contribution in [2.24, 2.45) is 0 Å². The minimum Gasteiger partial charge on any atom is -0.373 e. The van der Waals surface area contributed by atoms with E-state index < -0.39 is 0 Å². The van der Waals surface area contributed by atoms with E-state index in [9.17, 15) is 0 Å². The fraction of sp³-hybridized carbons (Fsp3) is 0.867. The number of nitrogens with one attached hydrogen (secondary N) is 1. The second-order valence-electron chi connectivity index (χ2n) is 4.88. The Kier molecular flexibility index (Phi) is 8.53. The van der Waals surface area contributed by atoms with Crippen LogP contribution in [-0.4, -0.2) is 24.8 Å². The van der Waals surface area contributed by atoms with Gasteiger partial charge >= 0.3 is 0 Å². The van der Waals surface area contributed by atoms with Gasteiger partial charge < -0.3 is 10.1 Å². The molecule has 0 aromatic heterocycles. The summed E-state index contributed by atoms with van der Waals surface area (Å²) in [4.78, 5) is 0. The lowest BCUT2D eigenvalue weighted by Gasteiger charge is -2.39. The molecule has 0 heterocycles. The van der Waals surface area contributed by atoms with Crippen molar-refractivity contribution in [2.75, 3.05) is 13.2 Å². The first kappa shape index (κ1) is 16.7. The second-order valence-corrected chi connectivity index (χ2v) is 4.88. The van der Waals surface area contributed by atoms with E-state index >= 15 is 0 Å². The highest BCUT2D eigenvalue weighted by atomic mass is 16.5. The smallest absolute Gasteiger partial charge is 0.0865 e. The summed E-state index contributed by atoms with van der Waals surface area (Å²) in [6.45, 7) is 14.9. The lowest BCUT2D eigenvalue weighted by Crippen LogP contribution is -2.51. The summed E-state index contributed by atoms with van der Waals surface area (Å²) in [5.74, 6) is 0. The van der Waals surface area contributed by atoms with Crippen LogP contribution in [-0.2, 0) is 4.74 Å². The van der Waals surface area contributed by atoms with Crippen LogP contribution >= 0.6 is 0 Å². The Bertz CT molecular complexity index is 215. The van der Waals surface area contributed by atoms with Gasteiger partial charge in [-0.1, -0.05) is 32.4 Å². The third kappa shape index (κ3) is 5.22.